The van der Waals surface area contributed by atoms with Gasteiger partial charge in [0.05, 0.1) is 12.0 Å². The van der Waals surface area contributed by atoms with Gasteiger partial charge in [0.2, 0.25) is 0 Å². The lowest BCUT2D eigenvalue weighted by molar-refractivity contribution is 0.200. The molecule has 2 heterocycles. The lowest BCUT2D eigenvalue weighted by Gasteiger charge is -2.10. The minimum atomic E-state index is -0.0839. The molecule has 1 N–H and O–H groups in total. The summed E-state index contributed by atoms with van der Waals surface area (Å²) >= 11 is 6.01. The Balaban J connectivity index is 2.04. The molecule has 0 aromatic carbocycles. The molecular formula is C11H13ClN4O. The first kappa shape index (κ1) is 12.0. The van der Waals surface area contributed by atoms with Gasteiger partial charge in [-0.15, -0.1) is 11.6 Å². The molecule has 1 atom stereocenters. The number of hydrogen-bond acceptors (Lipinski definition) is 5. The summed E-state index contributed by atoms with van der Waals surface area (Å²) in [5.74, 6) is 0.736. The molecule has 17 heavy (non-hydrogen) atoms. The van der Waals surface area contributed by atoms with Gasteiger partial charge in [-0.25, -0.2) is 9.97 Å². The lowest BCUT2D eigenvalue weighted by Crippen LogP contribution is -2.19. The van der Waals surface area contributed by atoms with Crippen LogP contribution in [0.2, 0.25) is 0 Å². The third-order valence-electron chi connectivity index (χ3n) is 2.18. The Kier molecular flexibility index (Phi) is 4.06. The maximum atomic E-state index is 6.01. The average Bonchev–Trinajstić information content (AvgIpc) is 2.36. The quantitative estimate of drug-likeness (QED) is 0.821. The number of alkyl halides is 1. The fourth-order valence-electron chi connectivity index (χ4n) is 1.41. The van der Waals surface area contributed by atoms with Gasteiger partial charge in [-0.3, -0.25) is 4.98 Å². The second kappa shape index (κ2) is 5.75. The van der Waals surface area contributed by atoms with Gasteiger partial charge < -0.3 is 10.1 Å². The number of pyridine rings is 1. The summed E-state index contributed by atoms with van der Waals surface area (Å²) in [7, 11) is 1.62. The Labute approximate surface area is 104 Å². The molecule has 1 unspecified atom stereocenters. The molecule has 0 radical (unpaired) electrons. The van der Waals surface area contributed by atoms with Gasteiger partial charge in [0.15, 0.2) is 5.65 Å². The predicted molar refractivity (Wildman–Crippen MR) is 67.3 cm³/mol. The maximum Gasteiger partial charge on any atom is 0.180 e. The first-order valence-corrected chi connectivity index (χ1v) is 5.68. The number of anilines is 1. The average molecular weight is 253 g/mol. The van der Waals surface area contributed by atoms with Gasteiger partial charge in [-0.2, -0.15) is 0 Å². The van der Waals surface area contributed by atoms with Crippen LogP contribution in [0.4, 0.5) is 5.82 Å². The molecule has 0 aliphatic rings. The zero-order valence-corrected chi connectivity index (χ0v) is 10.2. The first-order valence-electron chi connectivity index (χ1n) is 5.24. The van der Waals surface area contributed by atoms with Gasteiger partial charge in [0, 0.05) is 26.0 Å². The largest absolute Gasteiger partial charge is 0.383 e. The van der Waals surface area contributed by atoms with Crippen LogP contribution >= 0.6 is 11.6 Å². The van der Waals surface area contributed by atoms with Crippen LogP contribution in [0.5, 0.6) is 0 Å². The van der Waals surface area contributed by atoms with E-state index in [1.165, 1.54) is 0 Å². The summed E-state index contributed by atoms with van der Waals surface area (Å²) in [6.45, 7) is 1.09. The minimum Gasteiger partial charge on any atom is -0.383 e. The molecular weight excluding hydrogens is 240 g/mol. The highest BCUT2D eigenvalue weighted by molar-refractivity contribution is 6.21. The third kappa shape index (κ3) is 3.25. The molecule has 6 heteroatoms. The van der Waals surface area contributed by atoms with Crippen molar-refractivity contribution in [2.45, 2.75) is 5.38 Å². The van der Waals surface area contributed by atoms with Crippen molar-refractivity contribution in [2.24, 2.45) is 0 Å². The Morgan fingerprint density at radius 3 is 3.00 bits per heavy atom. The number of aromatic nitrogens is 3. The Bertz CT molecular complexity index is 494. The lowest BCUT2D eigenvalue weighted by atomic mass is 10.4. The fourth-order valence-corrected chi connectivity index (χ4v) is 1.61. The summed E-state index contributed by atoms with van der Waals surface area (Å²) in [6.07, 6.45) is 3.26. The van der Waals surface area contributed by atoms with E-state index in [0.717, 1.165) is 11.3 Å². The van der Waals surface area contributed by atoms with Crippen LogP contribution in [0.15, 0.2) is 24.5 Å². The smallest absolute Gasteiger partial charge is 0.180 e. The highest BCUT2D eigenvalue weighted by Crippen LogP contribution is 2.10. The van der Waals surface area contributed by atoms with E-state index in [1.54, 1.807) is 19.5 Å². The third-order valence-corrected chi connectivity index (χ3v) is 2.46. The summed E-state index contributed by atoms with van der Waals surface area (Å²) in [5.41, 5.74) is 1.40. The van der Waals surface area contributed by atoms with Crippen molar-refractivity contribution >= 4 is 28.6 Å². The Morgan fingerprint density at radius 1 is 1.35 bits per heavy atom. The van der Waals surface area contributed by atoms with Crippen LogP contribution in [-0.2, 0) is 4.74 Å². The van der Waals surface area contributed by atoms with E-state index >= 15 is 0 Å². The normalized spacial score (nSPS) is 12.6. The van der Waals surface area contributed by atoms with E-state index in [2.05, 4.69) is 20.3 Å². The zero-order chi connectivity index (χ0) is 12.1. The highest BCUT2D eigenvalue weighted by atomic mass is 35.5. The molecule has 0 saturated heterocycles. The van der Waals surface area contributed by atoms with Crippen molar-refractivity contribution < 1.29 is 4.74 Å². The van der Waals surface area contributed by atoms with Crippen molar-refractivity contribution in [3.8, 4) is 0 Å². The van der Waals surface area contributed by atoms with Crippen LogP contribution in [0.25, 0.3) is 11.2 Å². The highest BCUT2D eigenvalue weighted by Gasteiger charge is 2.04. The molecule has 0 saturated carbocycles. The summed E-state index contributed by atoms with van der Waals surface area (Å²) in [4.78, 5) is 12.6. The van der Waals surface area contributed by atoms with Crippen LogP contribution in [0.1, 0.15) is 0 Å². The van der Waals surface area contributed by atoms with Crippen molar-refractivity contribution in [3.05, 3.63) is 24.5 Å². The van der Waals surface area contributed by atoms with Crippen molar-refractivity contribution in [2.75, 3.05) is 25.6 Å². The predicted octanol–water partition coefficient (Wildman–Crippen LogP) is 1.69. The number of rotatable bonds is 5. The molecule has 90 valence electrons. The molecule has 0 amide bonds. The van der Waals surface area contributed by atoms with E-state index in [1.807, 2.05) is 12.1 Å². The number of methoxy groups -OCH3 is 1. The number of hydrogen-bond donors (Lipinski definition) is 1. The van der Waals surface area contributed by atoms with Crippen LogP contribution in [0, 0.1) is 0 Å². The van der Waals surface area contributed by atoms with E-state index in [0.29, 0.717) is 18.8 Å². The van der Waals surface area contributed by atoms with Gasteiger partial charge in [-0.1, -0.05) is 0 Å². The van der Waals surface area contributed by atoms with E-state index in [4.69, 9.17) is 16.3 Å². The number of fused-ring (bicyclic) bond motifs is 1. The molecule has 5 nitrogen and oxygen atoms in total. The molecule has 2 aromatic rings. The van der Waals surface area contributed by atoms with Crippen molar-refractivity contribution in [3.63, 3.8) is 0 Å². The number of nitrogens with one attached hydrogen (secondary N) is 1. The number of ether oxygens (including phenoxy) is 1. The van der Waals surface area contributed by atoms with Gasteiger partial charge in [0.1, 0.15) is 11.3 Å². The zero-order valence-electron chi connectivity index (χ0n) is 9.43. The van der Waals surface area contributed by atoms with Gasteiger partial charge in [0.25, 0.3) is 0 Å². The second-order valence-electron chi connectivity index (χ2n) is 3.53. The monoisotopic (exact) mass is 252 g/mol. The summed E-state index contributed by atoms with van der Waals surface area (Å²) in [6, 6.07) is 3.73. The first-order chi connectivity index (χ1) is 8.29. The fraction of sp³-hybridized carbons (Fsp3) is 0.364. The second-order valence-corrected chi connectivity index (χ2v) is 4.15. The minimum absolute atomic E-state index is 0.0839. The van der Waals surface area contributed by atoms with Crippen LogP contribution < -0.4 is 5.32 Å². The topological polar surface area (TPSA) is 59.9 Å². The number of halogens is 1. The van der Waals surface area contributed by atoms with E-state index < -0.39 is 0 Å². The van der Waals surface area contributed by atoms with Crippen molar-refractivity contribution in [1.29, 1.82) is 0 Å². The molecule has 2 aromatic heterocycles. The molecule has 0 spiro atoms. The van der Waals surface area contributed by atoms with Gasteiger partial charge >= 0.3 is 0 Å². The summed E-state index contributed by atoms with van der Waals surface area (Å²) < 4.78 is 4.95. The molecule has 0 aliphatic heterocycles. The Hall–Kier alpha value is -1.46. The van der Waals surface area contributed by atoms with Crippen LogP contribution in [0.3, 0.4) is 0 Å². The van der Waals surface area contributed by atoms with E-state index in [-0.39, 0.29) is 5.38 Å². The SMILES string of the molecule is COCC(Cl)CNc1ccc2nccnc2n1. The van der Waals surface area contributed by atoms with E-state index in [9.17, 15) is 0 Å². The summed E-state index contributed by atoms with van der Waals surface area (Å²) in [5, 5.41) is 3.05. The number of nitrogens with zero attached hydrogens (tertiary/aromatic N) is 3. The molecule has 0 aliphatic carbocycles. The molecule has 0 bridgehead atoms. The molecule has 2 rings (SSSR count). The maximum absolute atomic E-state index is 6.01. The van der Waals surface area contributed by atoms with Crippen molar-refractivity contribution in [1.82, 2.24) is 15.0 Å². The standard InChI is InChI=1S/C11H13ClN4O/c1-17-7-8(12)6-15-10-3-2-9-11(16-10)14-5-4-13-9/h2-5,8H,6-7H2,1H3,(H,14,15,16). The van der Waals surface area contributed by atoms with Crippen LogP contribution in [-0.4, -0.2) is 40.6 Å². The molecule has 0 fully saturated rings. The Morgan fingerprint density at radius 2 is 2.18 bits per heavy atom. The van der Waals surface area contributed by atoms with Gasteiger partial charge in [-0.05, 0) is 12.1 Å².